The molecule has 0 bridgehead atoms. The molecule has 0 aromatic carbocycles. The summed E-state index contributed by atoms with van der Waals surface area (Å²) in [4.78, 5) is 3.78. The minimum absolute atomic E-state index is 1.50. The van der Waals surface area contributed by atoms with Crippen LogP contribution in [0.1, 0.15) is 52.4 Å². The fourth-order valence-electron chi connectivity index (χ4n) is 1.37. The summed E-state index contributed by atoms with van der Waals surface area (Å²) < 4.78 is 0. The number of aromatic nitrogens is 1. The first kappa shape index (κ1) is 13.2. The Morgan fingerprint density at radius 1 is 0.643 bits per heavy atom. The Balaban J connectivity index is 0.000000206. The van der Waals surface area contributed by atoms with Crippen molar-refractivity contribution in [3.05, 3.63) is 30.6 Å². The van der Waals surface area contributed by atoms with Crippen LogP contribution >= 0.6 is 0 Å². The molecule has 0 saturated heterocycles. The maximum Gasteiger partial charge on any atom is 0.0267 e. The highest BCUT2D eigenvalue weighted by Crippen LogP contribution is 2.15. The van der Waals surface area contributed by atoms with Crippen LogP contribution in [0.5, 0.6) is 0 Å². The first-order valence-corrected chi connectivity index (χ1v) is 5.85. The molecule has 1 saturated carbocycles. The summed E-state index contributed by atoms with van der Waals surface area (Å²) in [6.45, 7) is 4.00. The van der Waals surface area contributed by atoms with Crippen LogP contribution in [0, 0.1) is 0 Å². The number of hydrogen-bond acceptors (Lipinski definition) is 1. The zero-order chi connectivity index (χ0) is 10.5. The molecule has 1 aliphatic rings. The molecule has 0 atom stereocenters. The number of pyridine rings is 1. The predicted octanol–water partition coefficient (Wildman–Crippen LogP) is 4.45. The maximum absolute atomic E-state index is 3.78. The molecule has 1 heteroatoms. The molecule has 0 N–H and O–H groups in total. The van der Waals surface area contributed by atoms with E-state index in [1.807, 2.05) is 32.0 Å². The van der Waals surface area contributed by atoms with E-state index in [4.69, 9.17) is 0 Å². The van der Waals surface area contributed by atoms with Gasteiger partial charge in [0.15, 0.2) is 0 Å². The van der Waals surface area contributed by atoms with Gasteiger partial charge in [-0.15, -0.1) is 0 Å². The molecular weight excluding hydrogens is 170 g/mol. The molecule has 1 aliphatic carbocycles. The van der Waals surface area contributed by atoms with Gasteiger partial charge in [-0.25, -0.2) is 0 Å². The van der Waals surface area contributed by atoms with Gasteiger partial charge in [-0.3, -0.25) is 4.98 Å². The topological polar surface area (TPSA) is 12.9 Å². The van der Waals surface area contributed by atoms with E-state index in [1.54, 1.807) is 12.4 Å². The summed E-state index contributed by atoms with van der Waals surface area (Å²) >= 11 is 0. The van der Waals surface area contributed by atoms with Crippen molar-refractivity contribution >= 4 is 0 Å². The zero-order valence-corrected chi connectivity index (χ0v) is 9.58. The van der Waals surface area contributed by atoms with Crippen LogP contribution < -0.4 is 0 Å². The van der Waals surface area contributed by atoms with Crippen molar-refractivity contribution in [2.24, 2.45) is 0 Å². The van der Waals surface area contributed by atoms with Crippen molar-refractivity contribution in [2.45, 2.75) is 52.4 Å². The Morgan fingerprint density at radius 3 is 1.14 bits per heavy atom. The van der Waals surface area contributed by atoms with E-state index in [0.29, 0.717) is 0 Å². The van der Waals surface area contributed by atoms with Gasteiger partial charge >= 0.3 is 0 Å². The molecule has 0 spiro atoms. The molecule has 0 radical (unpaired) electrons. The van der Waals surface area contributed by atoms with Crippen LogP contribution in [-0.2, 0) is 0 Å². The van der Waals surface area contributed by atoms with Crippen molar-refractivity contribution in [3.63, 3.8) is 0 Å². The first-order valence-electron chi connectivity index (χ1n) is 5.85. The molecule has 1 aromatic heterocycles. The van der Waals surface area contributed by atoms with E-state index in [0.717, 1.165) is 0 Å². The van der Waals surface area contributed by atoms with Crippen molar-refractivity contribution in [2.75, 3.05) is 0 Å². The normalized spacial score (nSPS) is 14.1. The third kappa shape index (κ3) is 9.24. The average Bonchev–Trinajstić information content (AvgIpc) is 2.37. The quantitative estimate of drug-likeness (QED) is 0.593. The van der Waals surface area contributed by atoms with E-state index in [9.17, 15) is 0 Å². The fraction of sp³-hybridized carbons (Fsp3) is 0.615. The van der Waals surface area contributed by atoms with Crippen LogP contribution in [0.2, 0.25) is 0 Å². The van der Waals surface area contributed by atoms with Crippen LogP contribution in [0.25, 0.3) is 0 Å². The summed E-state index contributed by atoms with van der Waals surface area (Å²) in [5.74, 6) is 0. The van der Waals surface area contributed by atoms with Crippen molar-refractivity contribution < 1.29 is 0 Å². The lowest BCUT2D eigenvalue weighted by molar-refractivity contribution is 0.504. The molecular formula is C13H23N. The molecule has 2 rings (SSSR count). The molecule has 1 fully saturated rings. The highest BCUT2D eigenvalue weighted by atomic mass is 14.6. The predicted molar refractivity (Wildman–Crippen MR) is 63.3 cm³/mol. The van der Waals surface area contributed by atoms with E-state index < -0.39 is 0 Å². The van der Waals surface area contributed by atoms with E-state index in [1.165, 1.54) is 38.5 Å². The highest BCUT2D eigenvalue weighted by molar-refractivity contribution is 4.88. The second kappa shape index (κ2) is 12.2. The molecule has 0 unspecified atom stereocenters. The van der Waals surface area contributed by atoms with Gasteiger partial charge in [-0.05, 0) is 12.1 Å². The van der Waals surface area contributed by atoms with Crippen molar-refractivity contribution in [3.8, 4) is 0 Å². The summed E-state index contributed by atoms with van der Waals surface area (Å²) in [6.07, 6.45) is 12.5. The Bertz CT molecular complexity index is 130. The lowest BCUT2D eigenvalue weighted by Gasteiger charge is -2.05. The lowest BCUT2D eigenvalue weighted by Crippen LogP contribution is -1.85. The Labute approximate surface area is 88.6 Å². The Hall–Kier alpha value is -0.850. The second-order valence-electron chi connectivity index (χ2n) is 3.15. The summed E-state index contributed by atoms with van der Waals surface area (Å²) in [5.41, 5.74) is 0. The molecule has 1 nitrogen and oxygen atoms in total. The zero-order valence-electron chi connectivity index (χ0n) is 9.58. The Kier molecular flexibility index (Phi) is 11.4. The molecule has 0 amide bonds. The SMILES string of the molecule is C1CCCCC1.CC.c1ccncc1. The third-order valence-electron chi connectivity index (χ3n) is 2.07. The van der Waals surface area contributed by atoms with E-state index in [2.05, 4.69) is 4.98 Å². The van der Waals surface area contributed by atoms with Gasteiger partial charge in [0.2, 0.25) is 0 Å². The molecule has 14 heavy (non-hydrogen) atoms. The van der Waals surface area contributed by atoms with Gasteiger partial charge in [-0.2, -0.15) is 0 Å². The second-order valence-corrected chi connectivity index (χ2v) is 3.15. The minimum Gasteiger partial charge on any atom is -0.265 e. The third-order valence-corrected chi connectivity index (χ3v) is 2.07. The van der Waals surface area contributed by atoms with Crippen LogP contribution in [0.4, 0.5) is 0 Å². The standard InChI is InChI=1S/C6H12.C5H5N.C2H6/c2*1-2-4-6-5-3-1;1-2/h1-6H2;1-5H;1-2H3. The molecule has 0 aliphatic heterocycles. The summed E-state index contributed by atoms with van der Waals surface area (Å²) in [7, 11) is 0. The molecule has 1 aromatic rings. The van der Waals surface area contributed by atoms with E-state index in [-0.39, 0.29) is 0 Å². The average molecular weight is 193 g/mol. The molecule has 1 heterocycles. The van der Waals surface area contributed by atoms with Gasteiger partial charge in [0, 0.05) is 12.4 Å². The summed E-state index contributed by atoms with van der Waals surface area (Å²) in [6, 6.07) is 5.72. The highest BCUT2D eigenvalue weighted by Gasteiger charge is 1.95. The first-order chi connectivity index (χ1) is 7.00. The van der Waals surface area contributed by atoms with Crippen LogP contribution in [-0.4, -0.2) is 4.98 Å². The van der Waals surface area contributed by atoms with Gasteiger partial charge in [-0.1, -0.05) is 58.4 Å². The van der Waals surface area contributed by atoms with Gasteiger partial charge in [0.25, 0.3) is 0 Å². The van der Waals surface area contributed by atoms with Crippen LogP contribution in [0.3, 0.4) is 0 Å². The minimum atomic E-state index is 1.50. The maximum atomic E-state index is 3.78. The largest absolute Gasteiger partial charge is 0.265 e. The van der Waals surface area contributed by atoms with Gasteiger partial charge in [0.05, 0.1) is 0 Å². The van der Waals surface area contributed by atoms with Crippen molar-refractivity contribution in [1.29, 1.82) is 0 Å². The molecule has 80 valence electrons. The smallest absolute Gasteiger partial charge is 0.0267 e. The fourth-order valence-corrected chi connectivity index (χ4v) is 1.37. The number of nitrogens with zero attached hydrogens (tertiary/aromatic N) is 1. The number of rotatable bonds is 0. The van der Waals surface area contributed by atoms with Gasteiger partial charge < -0.3 is 0 Å². The van der Waals surface area contributed by atoms with E-state index >= 15 is 0 Å². The van der Waals surface area contributed by atoms with Gasteiger partial charge in [0.1, 0.15) is 0 Å². The monoisotopic (exact) mass is 193 g/mol. The summed E-state index contributed by atoms with van der Waals surface area (Å²) in [5, 5.41) is 0. The lowest BCUT2D eigenvalue weighted by atomic mass is 10.0. The van der Waals surface area contributed by atoms with Crippen LogP contribution in [0.15, 0.2) is 30.6 Å². The Morgan fingerprint density at radius 2 is 1.00 bits per heavy atom. The van der Waals surface area contributed by atoms with Crippen molar-refractivity contribution in [1.82, 2.24) is 4.98 Å². The number of hydrogen-bond donors (Lipinski definition) is 0.